The van der Waals surface area contributed by atoms with Crippen LogP contribution in [-0.2, 0) is 19.8 Å². The highest BCUT2D eigenvalue weighted by Gasteiger charge is 2.50. The molecule has 2 aromatic carbocycles. The van der Waals surface area contributed by atoms with Crippen LogP contribution >= 0.6 is 0 Å². The molecular weight excluding hydrogens is 350 g/mol. The SMILES string of the molecule is CCOC(=O)[C@@H]1CCN(C2(c3ccccc3C)COC2)C[C@H]1c1ccccc1. The molecule has 2 aliphatic heterocycles. The Morgan fingerprint density at radius 2 is 1.86 bits per heavy atom. The smallest absolute Gasteiger partial charge is 0.309 e. The zero-order valence-corrected chi connectivity index (χ0v) is 16.8. The Morgan fingerprint density at radius 3 is 2.50 bits per heavy atom. The normalized spacial score (nSPS) is 24.4. The van der Waals surface area contributed by atoms with E-state index in [9.17, 15) is 4.79 Å². The standard InChI is InChI=1S/C24H29NO3/c1-3-28-23(26)20-13-14-25(15-21(20)19-10-5-4-6-11-19)24(16-27-17-24)22-12-8-7-9-18(22)2/h4-12,20-21H,3,13-17H2,1-2H3/t20-,21+/m1/s1. The molecule has 2 aliphatic rings. The number of likely N-dealkylation sites (tertiary alicyclic amines) is 1. The molecule has 148 valence electrons. The van der Waals surface area contributed by atoms with Crippen LogP contribution in [0.15, 0.2) is 54.6 Å². The Kier molecular flexibility index (Phi) is 5.51. The minimum absolute atomic E-state index is 0.0641. The fourth-order valence-electron chi connectivity index (χ4n) is 4.81. The van der Waals surface area contributed by atoms with Crippen molar-refractivity contribution in [2.45, 2.75) is 31.7 Å². The number of hydrogen-bond acceptors (Lipinski definition) is 4. The third-order valence-corrected chi connectivity index (χ3v) is 6.36. The first kappa shape index (κ1) is 19.2. The second-order valence-corrected chi connectivity index (χ2v) is 7.95. The van der Waals surface area contributed by atoms with Crippen molar-refractivity contribution in [3.05, 3.63) is 71.3 Å². The summed E-state index contributed by atoms with van der Waals surface area (Å²) in [4.78, 5) is 15.2. The van der Waals surface area contributed by atoms with Gasteiger partial charge in [-0.15, -0.1) is 0 Å². The quantitative estimate of drug-likeness (QED) is 0.739. The van der Waals surface area contributed by atoms with Gasteiger partial charge in [-0.05, 0) is 37.0 Å². The molecule has 28 heavy (non-hydrogen) atoms. The van der Waals surface area contributed by atoms with E-state index in [-0.39, 0.29) is 23.3 Å². The van der Waals surface area contributed by atoms with Crippen molar-refractivity contribution in [2.75, 3.05) is 32.9 Å². The maximum atomic E-state index is 12.7. The predicted octanol–water partition coefficient (Wildman–Crippen LogP) is 3.89. The monoisotopic (exact) mass is 379 g/mol. The average molecular weight is 380 g/mol. The molecule has 2 fully saturated rings. The van der Waals surface area contributed by atoms with Crippen molar-refractivity contribution in [1.29, 1.82) is 0 Å². The number of piperidine rings is 1. The van der Waals surface area contributed by atoms with Gasteiger partial charge in [0.2, 0.25) is 0 Å². The number of rotatable bonds is 5. The molecule has 2 heterocycles. The third kappa shape index (κ3) is 3.36. The minimum Gasteiger partial charge on any atom is -0.466 e. The maximum Gasteiger partial charge on any atom is 0.309 e. The number of esters is 1. The minimum atomic E-state index is -0.0893. The number of aryl methyl sites for hydroxylation is 1. The number of carbonyl (C=O) groups excluding carboxylic acids is 1. The largest absolute Gasteiger partial charge is 0.466 e. The molecule has 2 saturated heterocycles. The number of nitrogens with zero attached hydrogens (tertiary/aromatic N) is 1. The number of benzene rings is 2. The van der Waals surface area contributed by atoms with E-state index in [1.807, 2.05) is 13.0 Å². The summed E-state index contributed by atoms with van der Waals surface area (Å²) in [5, 5.41) is 0. The first-order chi connectivity index (χ1) is 13.7. The molecule has 0 amide bonds. The van der Waals surface area contributed by atoms with Gasteiger partial charge < -0.3 is 9.47 Å². The van der Waals surface area contributed by atoms with Crippen LogP contribution in [0.4, 0.5) is 0 Å². The van der Waals surface area contributed by atoms with Crippen LogP contribution in [0.5, 0.6) is 0 Å². The first-order valence-corrected chi connectivity index (χ1v) is 10.3. The van der Waals surface area contributed by atoms with Gasteiger partial charge in [0.25, 0.3) is 0 Å². The maximum absolute atomic E-state index is 12.7. The van der Waals surface area contributed by atoms with Gasteiger partial charge in [0, 0.05) is 19.0 Å². The second kappa shape index (κ2) is 8.06. The molecule has 0 aliphatic carbocycles. The van der Waals surface area contributed by atoms with E-state index < -0.39 is 0 Å². The topological polar surface area (TPSA) is 38.8 Å². The predicted molar refractivity (Wildman–Crippen MR) is 109 cm³/mol. The van der Waals surface area contributed by atoms with Gasteiger partial charge in [0.05, 0.1) is 31.3 Å². The highest BCUT2D eigenvalue weighted by molar-refractivity contribution is 5.74. The number of hydrogen-bond donors (Lipinski definition) is 0. The van der Waals surface area contributed by atoms with Crippen LogP contribution in [0, 0.1) is 12.8 Å². The summed E-state index contributed by atoms with van der Waals surface area (Å²) in [7, 11) is 0. The third-order valence-electron chi connectivity index (χ3n) is 6.36. The average Bonchev–Trinajstić information content (AvgIpc) is 2.69. The van der Waals surface area contributed by atoms with Crippen molar-refractivity contribution < 1.29 is 14.3 Å². The van der Waals surface area contributed by atoms with Crippen LogP contribution in [0.1, 0.15) is 36.0 Å². The molecule has 0 spiro atoms. The zero-order valence-electron chi connectivity index (χ0n) is 16.8. The van der Waals surface area contributed by atoms with Crippen molar-refractivity contribution >= 4 is 5.97 Å². The molecule has 0 saturated carbocycles. The van der Waals surface area contributed by atoms with Crippen molar-refractivity contribution in [3.63, 3.8) is 0 Å². The van der Waals surface area contributed by atoms with Crippen molar-refractivity contribution in [3.8, 4) is 0 Å². The van der Waals surface area contributed by atoms with Gasteiger partial charge in [0.15, 0.2) is 0 Å². The highest BCUT2D eigenvalue weighted by atomic mass is 16.5. The van der Waals surface area contributed by atoms with Crippen molar-refractivity contribution in [1.82, 2.24) is 4.90 Å². The van der Waals surface area contributed by atoms with E-state index in [0.29, 0.717) is 19.8 Å². The van der Waals surface area contributed by atoms with E-state index in [4.69, 9.17) is 9.47 Å². The summed E-state index contributed by atoms with van der Waals surface area (Å²) in [6, 6.07) is 19.0. The Hall–Kier alpha value is -2.17. The van der Waals surface area contributed by atoms with Gasteiger partial charge >= 0.3 is 5.97 Å². The molecule has 0 aromatic heterocycles. The molecule has 0 N–H and O–H groups in total. The zero-order chi connectivity index (χ0) is 19.6. The van der Waals surface area contributed by atoms with E-state index in [1.54, 1.807) is 0 Å². The van der Waals surface area contributed by atoms with Crippen LogP contribution in [0.25, 0.3) is 0 Å². The lowest BCUT2D eigenvalue weighted by atomic mass is 9.76. The van der Waals surface area contributed by atoms with Gasteiger partial charge in [-0.25, -0.2) is 0 Å². The van der Waals surface area contributed by atoms with E-state index in [1.165, 1.54) is 16.7 Å². The molecule has 0 bridgehead atoms. The Morgan fingerprint density at radius 1 is 1.14 bits per heavy atom. The molecule has 0 radical (unpaired) electrons. The molecule has 0 unspecified atom stereocenters. The fourth-order valence-corrected chi connectivity index (χ4v) is 4.81. The lowest BCUT2D eigenvalue weighted by Crippen LogP contribution is -2.62. The van der Waals surface area contributed by atoms with Crippen LogP contribution in [-0.4, -0.2) is 43.8 Å². The molecule has 2 atom stereocenters. The Bertz CT molecular complexity index is 816. The van der Waals surface area contributed by atoms with Crippen LogP contribution < -0.4 is 0 Å². The summed E-state index contributed by atoms with van der Waals surface area (Å²) >= 11 is 0. The highest BCUT2D eigenvalue weighted by Crippen LogP contribution is 2.43. The van der Waals surface area contributed by atoms with E-state index in [0.717, 1.165) is 19.5 Å². The summed E-state index contributed by atoms with van der Waals surface area (Å²) in [5.74, 6) is -0.0187. The first-order valence-electron chi connectivity index (χ1n) is 10.3. The molecule has 2 aromatic rings. The Balaban J connectivity index is 1.65. The van der Waals surface area contributed by atoms with Gasteiger partial charge in [-0.3, -0.25) is 9.69 Å². The lowest BCUT2D eigenvalue weighted by Gasteiger charge is -2.54. The summed E-state index contributed by atoms with van der Waals surface area (Å²) in [6.45, 7) is 7.63. The summed E-state index contributed by atoms with van der Waals surface area (Å²) < 4.78 is 11.1. The second-order valence-electron chi connectivity index (χ2n) is 7.95. The summed E-state index contributed by atoms with van der Waals surface area (Å²) in [6.07, 6.45) is 0.812. The van der Waals surface area contributed by atoms with Gasteiger partial charge in [-0.1, -0.05) is 54.6 Å². The lowest BCUT2D eigenvalue weighted by molar-refractivity contribution is -0.166. The van der Waals surface area contributed by atoms with Crippen molar-refractivity contribution in [2.24, 2.45) is 5.92 Å². The molecular formula is C24H29NO3. The van der Waals surface area contributed by atoms with Crippen LogP contribution in [0.3, 0.4) is 0 Å². The Labute approximate surface area is 167 Å². The fraction of sp³-hybridized carbons (Fsp3) is 0.458. The summed E-state index contributed by atoms with van der Waals surface area (Å²) in [5.41, 5.74) is 3.78. The van der Waals surface area contributed by atoms with E-state index in [2.05, 4.69) is 60.4 Å². The molecule has 4 heteroatoms. The van der Waals surface area contributed by atoms with Crippen LogP contribution in [0.2, 0.25) is 0 Å². The van der Waals surface area contributed by atoms with Gasteiger partial charge in [0.1, 0.15) is 0 Å². The van der Waals surface area contributed by atoms with E-state index >= 15 is 0 Å². The van der Waals surface area contributed by atoms with Gasteiger partial charge in [-0.2, -0.15) is 0 Å². The number of carbonyl (C=O) groups is 1. The molecule has 4 rings (SSSR count). The number of ether oxygens (including phenoxy) is 2. The molecule has 4 nitrogen and oxygen atoms in total.